The second-order valence-corrected chi connectivity index (χ2v) is 4.68. The highest BCUT2D eigenvalue weighted by Crippen LogP contribution is 2.31. The third kappa shape index (κ3) is 3.49. The lowest BCUT2D eigenvalue weighted by Gasteiger charge is -2.12. The van der Waals surface area contributed by atoms with Gasteiger partial charge in [-0.3, -0.25) is 4.79 Å². The summed E-state index contributed by atoms with van der Waals surface area (Å²) in [6.07, 6.45) is -4.77. The highest BCUT2D eigenvalue weighted by atomic mass is 19.4. The first-order valence-electron chi connectivity index (χ1n) is 6.23. The van der Waals surface area contributed by atoms with Crippen LogP contribution < -0.4 is 16.2 Å². The average molecular weight is 310 g/mol. The van der Waals surface area contributed by atoms with E-state index in [4.69, 9.17) is 11.5 Å². The molecule has 116 valence electrons. The highest BCUT2D eigenvalue weighted by Gasteiger charge is 2.31. The Morgan fingerprint density at radius 1 is 1.14 bits per heavy atom. The van der Waals surface area contributed by atoms with Gasteiger partial charge < -0.3 is 16.2 Å². The van der Waals surface area contributed by atoms with Crippen molar-refractivity contribution in [1.82, 2.24) is 0 Å². The molecule has 2 aromatic carbocycles. The fourth-order valence-corrected chi connectivity index (χ4v) is 2.03. The molecule has 2 rings (SSSR count). The second kappa shape index (κ2) is 5.59. The SMILES string of the molecule is Cc1c(N)cc(-c2cccc(OC(F)(F)F)c2)cc1C(N)=O. The summed E-state index contributed by atoms with van der Waals surface area (Å²) < 4.78 is 40.6. The molecule has 22 heavy (non-hydrogen) atoms. The summed E-state index contributed by atoms with van der Waals surface area (Å²) in [5.74, 6) is -1.02. The van der Waals surface area contributed by atoms with Gasteiger partial charge in [0.15, 0.2) is 0 Å². The maximum atomic E-state index is 12.3. The van der Waals surface area contributed by atoms with Crippen molar-refractivity contribution >= 4 is 11.6 Å². The van der Waals surface area contributed by atoms with Crippen molar-refractivity contribution in [3.8, 4) is 16.9 Å². The highest BCUT2D eigenvalue weighted by molar-refractivity contribution is 5.97. The van der Waals surface area contributed by atoms with Crippen LogP contribution >= 0.6 is 0 Å². The van der Waals surface area contributed by atoms with Crippen molar-refractivity contribution in [1.29, 1.82) is 0 Å². The molecule has 0 heterocycles. The number of carbonyl (C=O) groups excluding carboxylic acids is 1. The predicted octanol–water partition coefficient (Wildman–Crippen LogP) is 3.24. The summed E-state index contributed by atoms with van der Waals surface area (Å²) in [5.41, 5.74) is 13.1. The van der Waals surface area contributed by atoms with E-state index < -0.39 is 12.3 Å². The molecule has 0 saturated heterocycles. The largest absolute Gasteiger partial charge is 0.573 e. The van der Waals surface area contributed by atoms with Crippen molar-refractivity contribution in [3.05, 3.63) is 47.5 Å². The van der Waals surface area contributed by atoms with Gasteiger partial charge >= 0.3 is 6.36 Å². The number of benzene rings is 2. The summed E-state index contributed by atoms with van der Waals surface area (Å²) in [5, 5.41) is 0. The minimum atomic E-state index is -4.77. The van der Waals surface area contributed by atoms with E-state index in [0.29, 0.717) is 22.4 Å². The summed E-state index contributed by atoms with van der Waals surface area (Å²) in [6, 6.07) is 8.44. The van der Waals surface area contributed by atoms with Gasteiger partial charge in [-0.15, -0.1) is 13.2 Å². The van der Waals surface area contributed by atoms with Crippen LogP contribution in [0.15, 0.2) is 36.4 Å². The van der Waals surface area contributed by atoms with E-state index in [1.54, 1.807) is 19.1 Å². The van der Waals surface area contributed by atoms with E-state index in [-0.39, 0.29) is 11.3 Å². The van der Waals surface area contributed by atoms with Crippen LogP contribution in [0.3, 0.4) is 0 Å². The molecule has 0 bridgehead atoms. The lowest BCUT2D eigenvalue weighted by molar-refractivity contribution is -0.274. The molecular formula is C15H13F3N2O2. The number of alkyl halides is 3. The van der Waals surface area contributed by atoms with E-state index >= 15 is 0 Å². The molecule has 0 saturated carbocycles. The summed E-state index contributed by atoms with van der Waals surface area (Å²) in [7, 11) is 0. The van der Waals surface area contributed by atoms with Gasteiger partial charge in [-0.25, -0.2) is 0 Å². The minimum Gasteiger partial charge on any atom is -0.406 e. The maximum absolute atomic E-state index is 12.3. The Kier molecular flexibility index (Phi) is 3.99. The molecule has 0 atom stereocenters. The topological polar surface area (TPSA) is 78.3 Å². The van der Waals surface area contributed by atoms with Gasteiger partial charge in [0.05, 0.1) is 0 Å². The summed E-state index contributed by atoms with van der Waals surface area (Å²) >= 11 is 0. The van der Waals surface area contributed by atoms with E-state index in [0.717, 1.165) is 0 Å². The first-order chi connectivity index (χ1) is 10.2. The van der Waals surface area contributed by atoms with Crippen LogP contribution in [0.2, 0.25) is 0 Å². The van der Waals surface area contributed by atoms with Gasteiger partial charge in [-0.05, 0) is 47.9 Å². The number of hydrogen-bond acceptors (Lipinski definition) is 3. The summed E-state index contributed by atoms with van der Waals surface area (Å²) in [6.45, 7) is 1.64. The monoisotopic (exact) mass is 310 g/mol. The van der Waals surface area contributed by atoms with Crippen molar-refractivity contribution in [2.24, 2.45) is 5.73 Å². The predicted molar refractivity (Wildman–Crippen MR) is 76.2 cm³/mol. The van der Waals surface area contributed by atoms with E-state index in [9.17, 15) is 18.0 Å². The Labute approximate surface area is 124 Å². The number of halogens is 3. The standard InChI is InChI=1S/C15H13F3N2O2/c1-8-12(14(20)21)6-10(7-13(8)19)9-3-2-4-11(5-9)22-15(16,17)18/h2-7H,19H2,1H3,(H2,20,21). The fourth-order valence-electron chi connectivity index (χ4n) is 2.03. The first kappa shape index (κ1) is 15.7. The van der Waals surface area contributed by atoms with Crippen LogP contribution in [0, 0.1) is 6.92 Å². The van der Waals surface area contributed by atoms with Gasteiger partial charge in [-0.2, -0.15) is 0 Å². The summed E-state index contributed by atoms with van der Waals surface area (Å²) in [4.78, 5) is 11.4. The van der Waals surface area contributed by atoms with E-state index in [1.807, 2.05) is 0 Å². The van der Waals surface area contributed by atoms with Crippen LogP contribution in [-0.4, -0.2) is 12.3 Å². The van der Waals surface area contributed by atoms with Gasteiger partial charge in [0.1, 0.15) is 5.75 Å². The molecule has 0 aliphatic rings. The van der Waals surface area contributed by atoms with Gasteiger partial charge in [0.2, 0.25) is 5.91 Å². The number of carbonyl (C=O) groups is 1. The van der Waals surface area contributed by atoms with E-state index in [1.165, 1.54) is 24.3 Å². The third-order valence-corrected chi connectivity index (χ3v) is 3.11. The lowest BCUT2D eigenvalue weighted by Crippen LogP contribution is -2.17. The third-order valence-electron chi connectivity index (χ3n) is 3.11. The van der Waals surface area contributed by atoms with Crippen LogP contribution in [0.1, 0.15) is 15.9 Å². The number of primary amides is 1. The van der Waals surface area contributed by atoms with Crippen molar-refractivity contribution in [2.75, 3.05) is 5.73 Å². The molecular weight excluding hydrogens is 297 g/mol. The first-order valence-corrected chi connectivity index (χ1v) is 6.23. The molecule has 0 radical (unpaired) electrons. The van der Waals surface area contributed by atoms with Gasteiger partial charge in [0, 0.05) is 11.3 Å². The van der Waals surface area contributed by atoms with Gasteiger partial charge in [-0.1, -0.05) is 12.1 Å². The number of nitrogen functional groups attached to an aromatic ring is 1. The molecule has 2 aromatic rings. The van der Waals surface area contributed by atoms with Crippen molar-refractivity contribution < 1.29 is 22.7 Å². The molecule has 0 fully saturated rings. The smallest absolute Gasteiger partial charge is 0.406 e. The van der Waals surface area contributed by atoms with E-state index in [2.05, 4.69) is 4.74 Å². The Hall–Kier alpha value is -2.70. The van der Waals surface area contributed by atoms with Crippen LogP contribution in [0.5, 0.6) is 5.75 Å². The molecule has 0 unspecified atom stereocenters. The van der Waals surface area contributed by atoms with Gasteiger partial charge in [0.25, 0.3) is 0 Å². The zero-order valence-corrected chi connectivity index (χ0v) is 11.6. The molecule has 1 amide bonds. The molecule has 4 nitrogen and oxygen atoms in total. The Balaban J connectivity index is 2.48. The lowest BCUT2D eigenvalue weighted by atomic mass is 9.97. The van der Waals surface area contributed by atoms with Crippen LogP contribution in [-0.2, 0) is 0 Å². The normalized spacial score (nSPS) is 11.3. The van der Waals surface area contributed by atoms with Crippen LogP contribution in [0.4, 0.5) is 18.9 Å². The Bertz CT molecular complexity index is 727. The Morgan fingerprint density at radius 3 is 2.41 bits per heavy atom. The zero-order valence-electron chi connectivity index (χ0n) is 11.6. The Morgan fingerprint density at radius 2 is 1.82 bits per heavy atom. The number of nitrogens with two attached hydrogens (primary N) is 2. The van der Waals surface area contributed by atoms with Crippen LogP contribution in [0.25, 0.3) is 11.1 Å². The number of hydrogen-bond donors (Lipinski definition) is 2. The number of rotatable bonds is 3. The van der Waals surface area contributed by atoms with Crippen molar-refractivity contribution in [3.63, 3.8) is 0 Å². The second-order valence-electron chi connectivity index (χ2n) is 4.68. The number of anilines is 1. The number of ether oxygens (including phenoxy) is 1. The maximum Gasteiger partial charge on any atom is 0.573 e. The molecule has 4 N–H and O–H groups in total. The quantitative estimate of drug-likeness (QED) is 0.854. The average Bonchev–Trinajstić information content (AvgIpc) is 2.39. The molecule has 0 aliphatic heterocycles. The fraction of sp³-hybridized carbons (Fsp3) is 0.133. The minimum absolute atomic E-state index is 0.220. The molecule has 7 heteroatoms. The molecule has 0 aliphatic carbocycles. The number of amides is 1. The van der Waals surface area contributed by atoms with Crippen molar-refractivity contribution in [2.45, 2.75) is 13.3 Å². The molecule has 0 spiro atoms. The zero-order chi connectivity index (χ0) is 16.5. The molecule has 0 aromatic heterocycles.